The third kappa shape index (κ3) is 5.58. The van der Waals surface area contributed by atoms with Crippen LogP contribution in [0.15, 0.2) is 97.1 Å². The van der Waals surface area contributed by atoms with E-state index in [9.17, 15) is 0 Å². The topological polar surface area (TPSA) is 18.5 Å². The lowest BCUT2D eigenvalue weighted by molar-refractivity contribution is 0.369. The summed E-state index contributed by atoms with van der Waals surface area (Å²) in [5, 5.41) is 0. The fourth-order valence-electron chi connectivity index (χ4n) is 2.35. The van der Waals surface area contributed by atoms with Gasteiger partial charge < -0.3 is 9.47 Å². The van der Waals surface area contributed by atoms with E-state index in [0.717, 1.165) is 22.6 Å². The maximum absolute atomic E-state index is 5.88. The fraction of sp³-hybridized carbons (Fsp3) is 0.0833. The highest BCUT2D eigenvalue weighted by Crippen LogP contribution is 2.17. The number of benzene rings is 3. The van der Waals surface area contributed by atoms with Crippen LogP contribution in [0.3, 0.4) is 0 Å². The van der Waals surface area contributed by atoms with Crippen molar-refractivity contribution in [2.24, 2.45) is 0 Å². The maximum atomic E-state index is 5.88. The van der Waals surface area contributed by atoms with E-state index in [-0.39, 0.29) is 0 Å². The highest BCUT2D eigenvalue weighted by Gasteiger charge is 2.02. The van der Waals surface area contributed by atoms with E-state index in [2.05, 4.69) is 24.0 Å². The van der Waals surface area contributed by atoms with Gasteiger partial charge in [-0.15, -0.1) is 0 Å². The van der Waals surface area contributed by atoms with Gasteiger partial charge in [-0.3, -0.25) is 0 Å². The number of allylic oxidation sites excluding steroid dienone is 1. The highest BCUT2D eigenvalue weighted by molar-refractivity contribution is 5.69. The molecule has 0 aliphatic carbocycles. The lowest BCUT2D eigenvalue weighted by Gasteiger charge is -2.09. The first kappa shape index (κ1) is 17.4. The van der Waals surface area contributed by atoms with Crippen molar-refractivity contribution in [3.05, 3.63) is 103 Å². The van der Waals surface area contributed by atoms with Crippen LogP contribution in [0, 0.1) is 11.8 Å². The maximum Gasteiger partial charge on any atom is 0.149 e. The molecule has 0 fully saturated rings. The van der Waals surface area contributed by atoms with E-state index in [1.54, 1.807) is 0 Å². The predicted octanol–water partition coefficient (Wildman–Crippen LogP) is 5.23. The molecule has 3 aromatic rings. The van der Waals surface area contributed by atoms with Crippen LogP contribution in [0.2, 0.25) is 0 Å². The third-order valence-corrected chi connectivity index (χ3v) is 3.68. The molecule has 0 radical (unpaired) electrons. The molecule has 3 aromatic carbocycles. The number of hydrogen-bond donors (Lipinski definition) is 0. The lowest BCUT2D eigenvalue weighted by Crippen LogP contribution is -2.00. The van der Waals surface area contributed by atoms with Gasteiger partial charge >= 0.3 is 0 Å². The summed E-state index contributed by atoms with van der Waals surface area (Å²) in [4.78, 5) is 0. The summed E-state index contributed by atoms with van der Waals surface area (Å²) in [5.74, 6) is 7.76. The van der Waals surface area contributed by atoms with Crippen LogP contribution < -0.4 is 9.47 Å². The highest BCUT2D eigenvalue weighted by atomic mass is 16.5. The number of para-hydroxylation sites is 2. The van der Waals surface area contributed by atoms with Gasteiger partial charge in [-0.1, -0.05) is 78.6 Å². The monoisotopic (exact) mass is 340 g/mol. The molecule has 0 amide bonds. The number of ether oxygens (including phenoxy) is 2. The van der Waals surface area contributed by atoms with E-state index in [1.165, 1.54) is 0 Å². The molecule has 26 heavy (non-hydrogen) atoms. The Bertz CT molecular complexity index is 873. The van der Waals surface area contributed by atoms with E-state index in [1.807, 2.05) is 84.9 Å². The Hall–Kier alpha value is -3.44. The zero-order valence-electron chi connectivity index (χ0n) is 14.5. The summed E-state index contributed by atoms with van der Waals surface area (Å²) in [6.07, 6.45) is 1.90. The van der Waals surface area contributed by atoms with E-state index < -0.39 is 0 Å². The van der Waals surface area contributed by atoms with Crippen molar-refractivity contribution in [2.45, 2.75) is 0 Å². The molecule has 3 rings (SSSR count). The Kier molecular flexibility index (Phi) is 6.53. The van der Waals surface area contributed by atoms with Crippen molar-refractivity contribution in [1.82, 2.24) is 0 Å². The third-order valence-electron chi connectivity index (χ3n) is 3.68. The van der Waals surface area contributed by atoms with Gasteiger partial charge in [0.05, 0.1) is 0 Å². The Morgan fingerprint density at radius 3 is 1.85 bits per heavy atom. The van der Waals surface area contributed by atoms with Crippen LogP contribution in [0.1, 0.15) is 5.56 Å². The Morgan fingerprint density at radius 1 is 0.692 bits per heavy atom. The summed E-state index contributed by atoms with van der Waals surface area (Å²) in [7, 11) is 0. The zero-order valence-corrected chi connectivity index (χ0v) is 14.5. The van der Waals surface area contributed by atoms with Crippen molar-refractivity contribution in [1.29, 1.82) is 0 Å². The first-order valence-electron chi connectivity index (χ1n) is 8.50. The van der Waals surface area contributed by atoms with Crippen molar-refractivity contribution >= 4 is 5.57 Å². The minimum atomic E-state index is 0.349. The molecule has 128 valence electrons. The van der Waals surface area contributed by atoms with Gasteiger partial charge in [-0.2, -0.15) is 0 Å². The van der Waals surface area contributed by atoms with E-state index in [4.69, 9.17) is 9.47 Å². The van der Waals surface area contributed by atoms with Crippen molar-refractivity contribution in [2.75, 3.05) is 13.2 Å². The van der Waals surface area contributed by atoms with Gasteiger partial charge in [0.2, 0.25) is 0 Å². The standard InChI is InChI=1S/C24H20O2/c1-4-12-21(13-5-1)22(20-26-24-17-8-3-9-18-24)14-10-11-19-25-23-15-6-2-7-16-23/h1-9,12-18H,19-20H2/b22-14-. The zero-order chi connectivity index (χ0) is 17.9. The lowest BCUT2D eigenvalue weighted by atomic mass is 10.1. The fourth-order valence-corrected chi connectivity index (χ4v) is 2.35. The average molecular weight is 340 g/mol. The SMILES string of the molecule is C(#CCOc1ccccc1)/C=C(/COc1ccccc1)c1ccccc1. The molecule has 0 aliphatic heterocycles. The van der Waals surface area contributed by atoms with Crippen molar-refractivity contribution < 1.29 is 9.47 Å². The molecule has 0 spiro atoms. The van der Waals surface area contributed by atoms with Crippen molar-refractivity contribution in [3.8, 4) is 23.3 Å². The minimum absolute atomic E-state index is 0.349. The molecular weight excluding hydrogens is 320 g/mol. The first-order valence-corrected chi connectivity index (χ1v) is 8.50. The molecule has 0 N–H and O–H groups in total. The smallest absolute Gasteiger partial charge is 0.149 e. The molecule has 0 atom stereocenters. The molecule has 2 nitrogen and oxygen atoms in total. The summed E-state index contributed by atoms with van der Waals surface area (Å²) in [6.45, 7) is 0.810. The quantitative estimate of drug-likeness (QED) is 0.572. The Morgan fingerprint density at radius 2 is 1.23 bits per heavy atom. The van der Waals surface area contributed by atoms with Gasteiger partial charge in [0.25, 0.3) is 0 Å². The molecule has 0 unspecified atom stereocenters. The van der Waals surface area contributed by atoms with Gasteiger partial charge in [0, 0.05) is 5.57 Å². The van der Waals surface area contributed by atoms with E-state index in [0.29, 0.717) is 13.2 Å². The largest absolute Gasteiger partial charge is 0.489 e. The van der Waals surface area contributed by atoms with Crippen LogP contribution in [0.25, 0.3) is 5.57 Å². The minimum Gasteiger partial charge on any atom is -0.489 e. The first-order chi connectivity index (χ1) is 12.9. The molecule has 0 heterocycles. The molecule has 0 bridgehead atoms. The second kappa shape index (κ2) is 9.76. The molecule has 0 saturated heterocycles. The van der Waals surface area contributed by atoms with Gasteiger partial charge in [-0.25, -0.2) is 0 Å². The van der Waals surface area contributed by atoms with Crippen LogP contribution in [-0.4, -0.2) is 13.2 Å². The van der Waals surface area contributed by atoms with Crippen LogP contribution in [-0.2, 0) is 0 Å². The second-order valence-electron chi connectivity index (χ2n) is 5.56. The molecule has 0 aromatic heterocycles. The molecule has 2 heteroatoms. The second-order valence-corrected chi connectivity index (χ2v) is 5.56. The van der Waals surface area contributed by atoms with Gasteiger partial charge in [-0.05, 0) is 35.9 Å². The van der Waals surface area contributed by atoms with E-state index >= 15 is 0 Å². The van der Waals surface area contributed by atoms with Crippen LogP contribution in [0.5, 0.6) is 11.5 Å². The average Bonchev–Trinajstić information content (AvgIpc) is 2.72. The Balaban J connectivity index is 1.65. The summed E-state index contributed by atoms with van der Waals surface area (Å²) < 4.78 is 11.5. The van der Waals surface area contributed by atoms with Gasteiger partial charge in [0.15, 0.2) is 0 Å². The summed E-state index contributed by atoms with van der Waals surface area (Å²) >= 11 is 0. The molecule has 0 aliphatic rings. The number of rotatable bonds is 6. The normalized spacial score (nSPS) is 10.5. The van der Waals surface area contributed by atoms with Crippen LogP contribution in [0.4, 0.5) is 0 Å². The Labute approximate surface area is 154 Å². The summed E-state index contributed by atoms with van der Waals surface area (Å²) in [6, 6.07) is 29.6. The predicted molar refractivity (Wildman–Crippen MR) is 106 cm³/mol. The molecule has 0 saturated carbocycles. The van der Waals surface area contributed by atoms with Gasteiger partial charge in [0.1, 0.15) is 24.7 Å². The van der Waals surface area contributed by atoms with Crippen molar-refractivity contribution in [3.63, 3.8) is 0 Å². The number of hydrogen-bond acceptors (Lipinski definition) is 2. The van der Waals surface area contributed by atoms with Crippen LogP contribution >= 0.6 is 0 Å². The summed E-state index contributed by atoms with van der Waals surface area (Å²) in [5.41, 5.74) is 2.13. The molecular formula is C24H20O2.